The Balaban J connectivity index is 1.63. The van der Waals surface area contributed by atoms with Gasteiger partial charge < -0.3 is 19.0 Å². The third-order valence-corrected chi connectivity index (χ3v) is 8.00. The molecule has 152 valence electrons. The second-order valence-corrected chi connectivity index (χ2v) is 9.64. The molecule has 11 heteroatoms. The lowest BCUT2D eigenvalue weighted by atomic mass is 10.0. The van der Waals surface area contributed by atoms with Crippen LogP contribution in [-0.4, -0.2) is 44.9 Å². The van der Waals surface area contributed by atoms with Gasteiger partial charge in [0.2, 0.25) is 11.9 Å². The van der Waals surface area contributed by atoms with Crippen molar-refractivity contribution in [1.29, 1.82) is 5.41 Å². The van der Waals surface area contributed by atoms with Crippen molar-refractivity contribution in [3.8, 4) is 28.0 Å². The molecule has 1 fully saturated rings. The highest BCUT2D eigenvalue weighted by Gasteiger charge is 2.44. The summed E-state index contributed by atoms with van der Waals surface area (Å²) >= 11 is 6.55. The van der Waals surface area contributed by atoms with Gasteiger partial charge in [0, 0.05) is 5.56 Å². The van der Waals surface area contributed by atoms with E-state index in [9.17, 15) is 4.55 Å². The Kier molecular flexibility index (Phi) is 5.19. The maximum Gasteiger partial charge on any atom is 0.258 e. The zero-order valence-corrected chi connectivity index (χ0v) is 18.2. The number of nitrogens with zero attached hydrogens (tertiary/aromatic N) is 3. The van der Waals surface area contributed by atoms with E-state index in [1.54, 1.807) is 20.2 Å². The molecule has 0 aliphatic carbocycles. The second-order valence-electron chi connectivity index (χ2n) is 6.70. The van der Waals surface area contributed by atoms with Gasteiger partial charge in [-0.05, 0) is 37.3 Å². The van der Waals surface area contributed by atoms with Gasteiger partial charge >= 0.3 is 0 Å². The van der Waals surface area contributed by atoms with Gasteiger partial charge in [-0.2, -0.15) is 4.31 Å². The van der Waals surface area contributed by atoms with Crippen LogP contribution < -0.4 is 10.1 Å². The quantitative estimate of drug-likeness (QED) is 0.584. The van der Waals surface area contributed by atoms with Gasteiger partial charge in [0.05, 0.1) is 40.3 Å². The molecule has 2 aromatic heterocycles. The number of benzene rings is 1. The highest BCUT2D eigenvalue weighted by molar-refractivity contribution is 7.89. The van der Waals surface area contributed by atoms with Crippen LogP contribution in [0.15, 0.2) is 34.7 Å². The number of ether oxygens (including phenoxy) is 1. The third-order valence-electron chi connectivity index (χ3n) is 4.59. The average molecular weight is 452 g/mol. The van der Waals surface area contributed by atoms with E-state index in [-0.39, 0.29) is 5.96 Å². The van der Waals surface area contributed by atoms with Crippen LogP contribution in [0.5, 0.6) is 5.75 Å². The molecule has 1 aliphatic rings. The largest absolute Gasteiger partial charge is 0.593 e. The smallest absolute Gasteiger partial charge is 0.258 e. The summed E-state index contributed by atoms with van der Waals surface area (Å²) in [4.78, 5) is 1.47. The molecule has 3 heterocycles. The van der Waals surface area contributed by atoms with Gasteiger partial charge in [-0.25, -0.2) is 0 Å². The molecule has 2 N–H and O–H groups in total. The van der Waals surface area contributed by atoms with E-state index in [0.29, 0.717) is 27.4 Å². The fourth-order valence-corrected chi connectivity index (χ4v) is 5.78. The van der Waals surface area contributed by atoms with Crippen molar-refractivity contribution in [2.24, 2.45) is 0 Å². The maximum absolute atomic E-state index is 12.4. The SMILES string of the molecule is COc1ccc(-c2nnc(-c3cc(Cl)c([C@]4(C)C[S+]([O-])N(C)C(=N)N4)s3)o2)cc1. The molecule has 1 unspecified atom stereocenters. The molecule has 8 nitrogen and oxygen atoms in total. The van der Waals surface area contributed by atoms with Crippen LogP contribution in [-0.2, 0) is 16.9 Å². The standard InChI is InChI=1S/C18H18ClN5O3S2/c1-18(9-29(25)24(2)17(20)21-18)14-12(19)8-13(28-14)16-23-22-15(27-16)10-4-6-11(26-3)7-5-10/h4-8H,9H2,1-3H3,(H2,20,21)/t18-,29?/m0/s1. The number of hydrogen-bond donors (Lipinski definition) is 2. The molecule has 29 heavy (non-hydrogen) atoms. The van der Waals surface area contributed by atoms with Gasteiger partial charge in [0.15, 0.2) is 5.75 Å². The summed E-state index contributed by atoms with van der Waals surface area (Å²) in [6, 6.07) is 9.08. The summed E-state index contributed by atoms with van der Waals surface area (Å²) in [6.45, 7) is 1.88. The zero-order chi connectivity index (χ0) is 20.8. The Morgan fingerprint density at radius 2 is 2.03 bits per heavy atom. The Morgan fingerprint density at radius 3 is 2.69 bits per heavy atom. The monoisotopic (exact) mass is 451 g/mol. The zero-order valence-electron chi connectivity index (χ0n) is 15.9. The summed E-state index contributed by atoms with van der Waals surface area (Å²) in [5.41, 5.74) is 0.0491. The van der Waals surface area contributed by atoms with Crippen LogP contribution in [0.2, 0.25) is 5.02 Å². The normalized spacial score (nSPS) is 21.9. The van der Waals surface area contributed by atoms with Gasteiger partial charge in [-0.15, -0.1) is 21.5 Å². The van der Waals surface area contributed by atoms with E-state index in [4.69, 9.17) is 26.2 Å². The third kappa shape index (κ3) is 3.68. The van der Waals surface area contributed by atoms with E-state index in [2.05, 4.69) is 15.5 Å². The lowest BCUT2D eigenvalue weighted by Gasteiger charge is -2.39. The predicted octanol–water partition coefficient (Wildman–Crippen LogP) is 3.48. The van der Waals surface area contributed by atoms with Crippen LogP contribution in [0.25, 0.3) is 22.2 Å². The van der Waals surface area contributed by atoms with Crippen molar-refractivity contribution in [2.45, 2.75) is 12.5 Å². The van der Waals surface area contributed by atoms with Gasteiger partial charge in [0.1, 0.15) is 11.3 Å². The number of guanidine groups is 1. The summed E-state index contributed by atoms with van der Waals surface area (Å²) < 4.78 is 24.7. The number of methoxy groups -OCH3 is 1. The van der Waals surface area contributed by atoms with Crippen molar-refractivity contribution in [2.75, 3.05) is 19.9 Å². The van der Waals surface area contributed by atoms with E-state index in [0.717, 1.165) is 16.2 Å². The molecule has 2 atom stereocenters. The van der Waals surface area contributed by atoms with Crippen molar-refractivity contribution >= 4 is 40.3 Å². The number of hydrogen-bond acceptors (Lipinski definition) is 7. The Bertz CT molecular complexity index is 1050. The Morgan fingerprint density at radius 1 is 1.34 bits per heavy atom. The van der Waals surface area contributed by atoms with Crippen LogP contribution in [0, 0.1) is 5.41 Å². The lowest BCUT2D eigenvalue weighted by molar-refractivity contribution is 0.415. The molecular weight excluding hydrogens is 434 g/mol. The topological polar surface area (TPSA) is 110 Å². The Labute approximate surface area is 179 Å². The van der Waals surface area contributed by atoms with Crippen LogP contribution in [0.3, 0.4) is 0 Å². The first-order valence-electron chi connectivity index (χ1n) is 8.58. The second kappa shape index (κ2) is 7.52. The molecule has 1 aromatic carbocycles. The van der Waals surface area contributed by atoms with E-state index < -0.39 is 16.9 Å². The average Bonchev–Trinajstić information content (AvgIpc) is 3.33. The summed E-state index contributed by atoms with van der Waals surface area (Å²) in [7, 11) is 3.22. The van der Waals surface area contributed by atoms with Crippen molar-refractivity contribution < 1.29 is 13.7 Å². The molecule has 4 rings (SSSR count). The molecule has 0 bridgehead atoms. The molecule has 0 radical (unpaired) electrons. The van der Waals surface area contributed by atoms with Crippen LogP contribution in [0.1, 0.15) is 11.8 Å². The molecular formula is C18H18ClN5O3S2. The van der Waals surface area contributed by atoms with Crippen molar-refractivity contribution in [3.63, 3.8) is 0 Å². The maximum atomic E-state index is 12.4. The number of nitrogens with one attached hydrogen (secondary N) is 2. The van der Waals surface area contributed by atoms with Gasteiger partial charge in [-0.1, -0.05) is 11.6 Å². The minimum Gasteiger partial charge on any atom is -0.593 e. The van der Waals surface area contributed by atoms with Crippen molar-refractivity contribution in [3.05, 3.63) is 40.2 Å². The molecule has 0 spiro atoms. The number of rotatable bonds is 4. The molecule has 0 amide bonds. The number of halogens is 1. The fraction of sp³-hybridized carbons (Fsp3) is 0.278. The fourth-order valence-electron chi connectivity index (χ4n) is 2.97. The highest BCUT2D eigenvalue weighted by Crippen LogP contribution is 2.42. The van der Waals surface area contributed by atoms with E-state index in [1.165, 1.54) is 15.6 Å². The predicted molar refractivity (Wildman–Crippen MR) is 114 cm³/mol. The van der Waals surface area contributed by atoms with E-state index >= 15 is 0 Å². The van der Waals surface area contributed by atoms with Gasteiger partial charge in [0.25, 0.3) is 5.89 Å². The first-order chi connectivity index (χ1) is 13.8. The van der Waals surface area contributed by atoms with Crippen molar-refractivity contribution in [1.82, 2.24) is 19.8 Å². The molecule has 1 saturated heterocycles. The summed E-state index contributed by atoms with van der Waals surface area (Å²) in [5, 5.41) is 19.9. The summed E-state index contributed by atoms with van der Waals surface area (Å²) in [5.74, 6) is 1.86. The van der Waals surface area contributed by atoms with Crippen LogP contribution in [0.4, 0.5) is 0 Å². The first-order valence-corrected chi connectivity index (χ1v) is 11.0. The van der Waals surface area contributed by atoms with E-state index in [1.807, 2.05) is 31.2 Å². The highest BCUT2D eigenvalue weighted by atomic mass is 35.5. The lowest BCUT2D eigenvalue weighted by Crippen LogP contribution is -2.60. The van der Waals surface area contributed by atoms with Crippen LogP contribution >= 0.6 is 22.9 Å². The molecule has 0 saturated carbocycles. The molecule has 3 aromatic rings. The first kappa shape index (κ1) is 20.0. The minimum absolute atomic E-state index is 0.0858. The number of aromatic nitrogens is 2. The van der Waals surface area contributed by atoms with Gasteiger partial charge in [-0.3, -0.25) is 5.41 Å². The Hall–Kier alpha value is -2.27. The number of thiophene rings is 1. The molecule has 1 aliphatic heterocycles. The minimum atomic E-state index is -1.32. The summed E-state index contributed by atoms with van der Waals surface area (Å²) in [6.07, 6.45) is 0.